The second kappa shape index (κ2) is 14.6. The van der Waals surface area contributed by atoms with Gasteiger partial charge in [-0.3, -0.25) is 28.9 Å². The van der Waals surface area contributed by atoms with E-state index in [0.717, 1.165) is 0 Å². The number of Topliss-reactive ketones (excluding diaryl/α,β-unsaturated/α-hetero) is 1. The Kier molecular flexibility index (Phi) is 12.9. The van der Waals surface area contributed by atoms with Crippen molar-refractivity contribution in [1.29, 1.82) is 0 Å². The molecular formula is C27H47N3O7. The standard InChI is InChI=1S/C27H47N3O7/c1-18(2)24(25(35)28-17-20(31)26(5,6)7)29-21(32)9-11-36-13-14-37-12-10-30-22(33)15-27(8,19(3)4)16-23(30)34/h18-19,24H,9-17H2,1-8H3,(H,28,35)(H,29,32). The monoisotopic (exact) mass is 525 g/mol. The Morgan fingerprint density at radius 3 is 1.97 bits per heavy atom. The molecule has 1 aliphatic heterocycles. The Labute approximate surface area is 221 Å². The second-order valence-corrected chi connectivity index (χ2v) is 11.8. The van der Waals surface area contributed by atoms with Gasteiger partial charge in [-0.2, -0.15) is 0 Å². The number of piperidine rings is 1. The van der Waals surface area contributed by atoms with Crippen LogP contribution in [0.15, 0.2) is 0 Å². The van der Waals surface area contributed by atoms with Crippen molar-refractivity contribution >= 4 is 29.4 Å². The smallest absolute Gasteiger partial charge is 0.243 e. The van der Waals surface area contributed by atoms with Crippen molar-refractivity contribution in [2.75, 3.05) is 39.5 Å². The zero-order valence-electron chi connectivity index (χ0n) is 23.9. The van der Waals surface area contributed by atoms with E-state index in [1.165, 1.54) is 4.90 Å². The minimum atomic E-state index is -0.748. The number of nitrogens with zero attached hydrogens (tertiary/aromatic N) is 1. The number of carbonyl (C=O) groups is 5. The first-order valence-electron chi connectivity index (χ1n) is 13.2. The Bertz CT molecular complexity index is 799. The van der Waals surface area contributed by atoms with Crippen LogP contribution < -0.4 is 10.6 Å². The molecule has 1 fully saturated rings. The normalized spacial score (nSPS) is 16.8. The number of ketones is 1. The summed E-state index contributed by atoms with van der Waals surface area (Å²) in [5, 5.41) is 5.32. The van der Waals surface area contributed by atoms with E-state index in [-0.39, 0.29) is 86.7 Å². The molecule has 0 aromatic rings. The Balaban J connectivity index is 2.25. The fraction of sp³-hybridized carbons (Fsp3) is 0.815. The van der Waals surface area contributed by atoms with Crippen LogP contribution in [-0.2, 0) is 33.4 Å². The van der Waals surface area contributed by atoms with E-state index >= 15 is 0 Å². The van der Waals surface area contributed by atoms with Gasteiger partial charge in [0.05, 0.1) is 39.5 Å². The third-order valence-electron chi connectivity index (χ3n) is 6.94. The summed E-state index contributed by atoms with van der Waals surface area (Å²) >= 11 is 0. The molecule has 1 saturated heterocycles. The summed E-state index contributed by atoms with van der Waals surface area (Å²) in [4.78, 5) is 62.9. The molecule has 0 radical (unpaired) electrons. The first-order chi connectivity index (χ1) is 17.1. The largest absolute Gasteiger partial charge is 0.379 e. The maximum atomic E-state index is 12.5. The zero-order valence-corrected chi connectivity index (χ0v) is 23.9. The van der Waals surface area contributed by atoms with Gasteiger partial charge in [-0.05, 0) is 17.3 Å². The van der Waals surface area contributed by atoms with Gasteiger partial charge < -0.3 is 20.1 Å². The fourth-order valence-electron chi connectivity index (χ4n) is 3.71. The van der Waals surface area contributed by atoms with Crippen LogP contribution in [0.3, 0.4) is 0 Å². The van der Waals surface area contributed by atoms with Gasteiger partial charge in [0, 0.05) is 24.7 Å². The Hall–Kier alpha value is -2.33. The molecule has 0 aliphatic carbocycles. The van der Waals surface area contributed by atoms with Gasteiger partial charge in [0.2, 0.25) is 23.6 Å². The number of amides is 4. The molecule has 10 nitrogen and oxygen atoms in total. The lowest BCUT2D eigenvalue weighted by Gasteiger charge is -2.40. The summed E-state index contributed by atoms with van der Waals surface area (Å²) < 4.78 is 10.9. The highest BCUT2D eigenvalue weighted by Crippen LogP contribution is 2.39. The molecule has 0 spiro atoms. The molecule has 2 N–H and O–H groups in total. The van der Waals surface area contributed by atoms with Crippen LogP contribution in [0, 0.1) is 22.7 Å². The molecule has 1 heterocycles. The quantitative estimate of drug-likeness (QED) is 0.247. The van der Waals surface area contributed by atoms with Crippen molar-refractivity contribution in [3.8, 4) is 0 Å². The number of imide groups is 1. The highest BCUT2D eigenvalue weighted by molar-refractivity contribution is 5.98. The number of carbonyl (C=O) groups excluding carboxylic acids is 5. The van der Waals surface area contributed by atoms with Crippen LogP contribution in [0.1, 0.15) is 74.7 Å². The number of likely N-dealkylation sites (tertiary alicyclic amines) is 1. The second-order valence-electron chi connectivity index (χ2n) is 11.8. The van der Waals surface area contributed by atoms with E-state index in [1.807, 2.05) is 34.6 Å². The summed E-state index contributed by atoms with van der Waals surface area (Å²) in [5.41, 5.74) is -0.848. The molecule has 0 aromatic carbocycles. The van der Waals surface area contributed by atoms with Gasteiger partial charge in [0.1, 0.15) is 6.04 Å². The molecule has 1 unspecified atom stereocenters. The number of hydrogen-bond donors (Lipinski definition) is 2. The van der Waals surface area contributed by atoms with E-state index in [2.05, 4.69) is 10.6 Å². The van der Waals surface area contributed by atoms with Crippen molar-refractivity contribution in [2.45, 2.75) is 80.7 Å². The summed E-state index contributed by atoms with van der Waals surface area (Å²) in [6, 6.07) is -0.748. The average Bonchev–Trinajstić information content (AvgIpc) is 2.77. The van der Waals surface area contributed by atoms with Crippen molar-refractivity contribution < 1.29 is 33.4 Å². The average molecular weight is 526 g/mol. The molecule has 10 heteroatoms. The summed E-state index contributed by atoms with van der Waals surface area (Å²) in [7, 11) is 0. The summed E-state index contributed by atoms with van der Waals surface area (Å²) in [6.45, 7) is 16.1. The molecule has 212 valence electrons. The first-order valence-corrected chi connectivity index (χ1v) is 13.2. The number of rotatable bonds is 15. The van der Waals surface area contributed by atoms with Crippen LogP contribution in [0.5, 0.6) is 0 Å². The van der Waals surface area contributed by atoms with E-state index < -0.39 is 17.4 Å². The lowest BCUT2D eigenvalue weighted by molar-refractivity contribution is -0.155. The molecule has 0 aromatic heterocycles. The van der Waals surface area contributed by atoms with Gasteiger partial charge in [0.15, 0.2) is 5.78 Å². The molecule has 4 amide bonds. The topological polar surface area (TPSA) is 131 Å². The minimum absolute atomic E-state index is 0.0722. The summed E-state index contributed by atoms with van der Waals surface area (Å²) in [6.07, 6.45) is 0.786. The number of hydrogen-bond acceptors (Lipinski definition) is 7. The lowest BCUT2D eigenvalue weighted by atomic mass is 9.71. The van der Waals surface area contributed by atoms with E-state index in [9.17, 15) is 24.0 Å². The van der Waals surface area contributed by atoms with Crippen LogP contribution in [0.4, 0.5) is 0 Å². The molecule has 37 heavy (non-hydrogen) atoms. The highest BCUT2D eigenvalue weighted by Gasteiger charge is 2.42. The molecule has 0 bridgehead atoms. The van der Waals surface area contributed by atoms with Crippen LogP contribution in [-0.4, -0.2) is 79.9 Å². The third-order valence-corrected chi connectivity index (χ3v) is 6.94. The van der Waals surface area contributed by atoms with Crippen molar-refractivity contribution in [3.63, 3.8) is 0 Å². The SMILES string of the molecule is CC(C)C(NC(=O)CCOCCOCCN1C(=O)CC(C)(C(C)C)CC1=O)C(=O)NCC(=O)C(C)(C)C. The molecule has 1 aliphatic rings. The predicted molar refractivity (Wildman–Crippen MR) is 139 cm³/mol. The Morgan fingerprint density at radius 2 is 1.49 bits per heavy atom. The zero-order chi connectivity index (χ0) is 28.4. The number of nitrogens with one attached hydrogen (secondary N) is 2. The van der Waals surface area contributed by atoms with E-state index in [0.29, 0.717) is 12.8 Å². The first kappa shape index (κ1) is 32.7. The van der Waals surface area contributed by atoms with E-state index in [1.54, 1.807) is 20.8 Å². The van der Waals surface area contributed by atoms with Gasteiger partial charge in [-0.1, -0.05) is 55.4 Å². The van der Waals surface area contributed by atoms with Gasteiger partial charge in [-0.15, -0.1) is 0 Å². The van der Waals surface area contributed by atoms with Gasteiger partial charge >= 0.3 is 0 Å². The minimum Gasteiger partial charge on any atom is -0.379 e. The molecule has 1 rings (SSSR count). The van der Waals surface area contributed by atoms with Gasteiger partial charge in [-0.25, -0.2) is 0 Å². The lowest BCUT2D eigenvalue weighted by Crippen LogP contribution is -2.51. The van der Waals surface area contributed by atoms with Crippen molar-refractivity contribution in [3.05, 3.63) is 0 Å². The van der Waals surface area contributed by atoms with Crippen LogP contribution in [0.25, 0.3) is 0 Å². The maximum absolute atomic E-state index is 12.5. The van der Waals surface area contributed by atoms with Crippen molar-refractivity contribution in [1.82, 2.24) is 15.5 Å². The van der Waals surface area contributed by atoms with Crippen LogP contribution >= 0.6 is 0 Å². The van der Waals surface area contributed by atoms with Gasteiger partial charge in [0.25, 0.3) is 0 Å². The molecule has 1 atom stereocenters. The molecule has 0 saturated carbocycles. The van der Waals surface area contributed by atoms with Crippen LogP contribution in [0.2, 0.25) is 0 Å². The molecular weight excluding hydrogens is 478 g/mol. The third kappa shape index (κ3) is 10.9. The Morgan fingerprint density at radius 1 is 0.946 bits per heavy atom. The van der Waals surface area contributed by atoms with E-state index in [4.69, 9.17) is 9.47 Å². The number of ether oxygens (including phenoxy) is 2. The predicted octanol–water partition coefficient (Wildman–Crippen LogP) is 2.09. The van der Waals surface area contributed by atoms with Crippen molar-refractivity contribution in [2.24, 2.45) is 22.7 Å². The fourth-order valence-corrected chi connectivity index (χ4v) is 3.71. The maximum Gasteiger partial charge on any atom is 0.243 e. The summed E-state index contributed by atoms with van der Waals surface area (Å²) in [5.74, 6) is -1.04. The highest BCUT2D eigenvalue weighted by atomic mass is 16.5.